The number of hydrogen-bond acceptors (Lipinski definition) is 5. The average Bonchev–Trinajstić information content (AvgIpc) is 2.82. The fourth-order valence-electron chi connectivity index (χ4n) is 2.47. The SMILES string of the molecule is O=[N+]([O-])c1ccc2c(c1)nnn2CN1CCCCC1. The third-order valence-corrected chi connectivity index (χ3v) is 3.49. The highest BCUT2D eigenvalue weighted by atomic mass is 16.6. The van der Waals surface area contributed by atoms with E-state index in [1.165, 1.54) is 31.4 Å². The first kappa shape index (κ1) is 12.0. The van der Waals surface area contributed by atoms with Crippen LogP contribution in [-0.2, 0) is 6.67 Å². The smallest absolute Gasteiger partial charge is 0.271 e. The summed E-state index contributed by atoms with van der Waals surface area (Å²) in [7, 11) is 0. The van der Waals surface area contributed by atoms with E-state index in [9.17, 15) is 10.1 Å². The normalized spacial score (nSPS) is 16.8. The van der Waals surface area contributed by atoms with Crippen LogP contribution in [0.3, 0.4) is 0 Å². The molecule has 19 heavy (non-hydrogen) atoms. The number of rotatable bonds is 3. The molecule has 0 radical (unpaired) electrons. The Balaban J connectivity index is 1.86. The van der Waals surface area contributed by atoms with Crippen molar-refractivity contribution in [3.8, 4) is 0 Å². The second-order valence-electron chi connectivity index (χ2n) is 4.84. The van der Waals surface area contributed by atoms with E-state index in [0.29, 0.717) is 12.2 Å². The molecule has 2 heterocycles. The molecule has 2 aromatic rings. The molecule has 7 heteroatoms. The summed E-state index contributed by atoms with van der Waals surface area (Å²) in [5, 5.41) is 18.8. The Bertz CT molecular complexity index is 603. The molecule has 0 N–H and O–H groups in total. The molecule has 0 bridgehead atoms. The summed E-state index contributed by atoms with van der Waals surface area (Å²) in [6, 6.07) is 4.69. The quantitative estimate of drug-likeness (QED) is 0.621. The lowest BCUT2D eigenvalue weighted by Crippen LogP contribution is -2.32. The predicted octanol–water partition coefficient (Wildman–Crippen LogP) is 1.78. The lowest BCUT2D eigenvalue weighted by molar-refractivity contribution is -0.384. The Morgan fingerprint density at radius 1 is 1.26 bits per heavy atom. The van der Waals surface area contributed by atoms with Gasteiger partial charge in [0.1, 0.15) is 5.52 Å². The van der Waals surface area contributed by atoms with Crippen LogP contribution in [0.4, 0.5) is 5.69 Å². The highest BCUT2D eigenvalue weighted by Crippen LogP contribution is 2.19. The van der Waals surface area contributed by atoms with E-state index in [2.05, 4.69) is 15.2 Å². The molecular weight excluding hydrogens is 246 g/mol. The van der Waals surface area contributed by atoms with Crippen molar-refractivity contribution in [2.75, 3.05) is 13.1 Å². The monoisotopic (exact) mass is 261 g/mol. The summed E-state index contributed by atoms with van der Waals surface area (Å²) >= 11 is 0. The first-order valence-corrected chi connectivity index (χ1v) is 6.44. The number of nitro benzene ring substituents is 1. The minimum absolute atomic E-state index is 0.0533. The van der Waals surface area contributed by atoms with Crippen LogP contribution in [0, 0.1) is 10.1 Å². The zero-order chi connectivity index (χ0) is 13.2. The van der Waals surface area contributed by atoms with Gasteiger partial charge in [-0.3, -0.25) is 15.0 Å². The van der Waals surface area contributed by atoms with Gasteiger partial charge in [-0.05, 0) is 32.0 Å². The van der Waals surface area contributed by atoms with Gasteiger partial charge in [0.2, 0.25) is 0 Å². The number of nitro groups is 1. The Morgan fingerprint density at radius 3 is 2.79 bits per heavy atom. The van der Waals surface area contributed by atoms with Crippen molar-refractivity contribution in [2.45, 2.75) is 25.9 Å². The van der Waals surface area contributed by atoms with Crippen molar-refractivity contribution < 1.29 is 4.92 Å². The van der Waals surface area contributed by atoms with Crippen LogP contribution in [0.2, 0.25) is 0 Å². The van der Waals surface area contributed by atoms with Crippen LogP contribution in [0.5, 0.6) is 0 Å². The van der Waals surface area contributed by atoms with Crippen LogP contribution in [-0.4, -0.2) is 37.9 Å². The van der Waals surface area contributed by atoms with E-state index in [-0.39, 0.29) is 5.69 Å². The van der Waals surface area contributed by atoms with Gasteiger partial charge in [-0.1, -0.05) is 11.6 Å². The van der Waals surface area contributed by atoms with Crippen LogP contribution in [0.1, 0.15) is 19.3 Å². The molecule has 100 valence electrons. The van der Waals surface area contributed by atoms with Crippen molar-refractivity contribution in [3.63, 3.8) is 0 Å². The van der Waals surface area contributed by atoms with E-state index in [0.717, 1.165) is 18.6 Å². The van der Waals surface area contributed by atoms with Gasteiger partial charge in [-0.25, -0.2) is 4.68 Å². The van der Waals surface area contributed by atoms with Gasteiger partial charge in [-0.15, -0.1) is 5.10 Å². The number of nitrogens with zero attached hydrogens (tertiary/aromatic N) is 5. The maximum atomic E-state index is 10.7. The molecule has 0 saturated carbocycles. The highest BCUT2D eigenvalue weighted by Gasteiger charge is 2.14. The highest BCUT2D eigenvalue weighted by molar-refractivity contribution is 5.76. The van der Waals surface area contributed by atoms with Crippen molar-refractivity contribution >= 4 is 16.7 Å². The summed E-state index contributed by atoms with van der Waals surface area (Å²) < 4.78 is 1.81. The number of likely N-dealkylation sites (tertiary alicyclic amines) is 1. The van der Waals surface area contributed by atoms with Gasteiger partial charge in [0.05, 0.1) is 17.1 Å². The van der Waals surface area contributed by atoms with E-state index in [4.69, 9.17) is 0 Å². The second kappa shape index (κ2) is 4.93. The first-order chi connectivity index (χ1) is 9.24. The van der Waals surface area contributed by atoms with E-state index in [1.807, 2.05) is 4.68 Å². The Labute approximate surface area is 110 Å². The molecule has 1 fully saturated rings. The van der Waals surface area contributed by atoms with Gasteiger partial charge in [0.15, 0.2) is 0 Å². The number of benzene rings is 1. The summed E-state index contributed by atoms with van der Waals surface area (Å²) in [6.07, 6.45) is 3.73. The number of aromatic nitrogens is 3. The van der Waals surface area contributed by atoms with E-state index >= 15 is 0 Å². The number of piperidine rings is 1. The third-order valence-electron chi connectivity index (χ3n) is 3.49. The molecule has 0 aliphatic carbocycles. The van der Waals surface area contributed by atoms with Crippen molar-refractivity contribution in [1.82, 2.24) is 19.9 Å². The molecule has 1 aromatic heterocycles. The van der Waals surface area contributed by atoms with Crippen LogP contribution in [0.25, 0.3) is 11.0 Å². The fourth-order valence-corrected chi connectivity index (χ4v) is 2.47. The Morgan fingerprint density at radius 2 is 2.05 bits per heavy atom. The van der Waals surface area contributed by atoms with E-state index in [1.54, 1.807) is 6.07 Å². The molecule has 3 rings (SSSR count). The minimum atomic E-state index is -0.414. The summed E-state index contributed by atoms with van der Waals surface area (Å²) in [5.74, 6) is 0. The molecule has 1 aliphatic heterocycles. The molecule has 0 spiro atoms. The zero-order valence-electron chi connectivity index (χ0n) is 10.5. The Hall–Kier alpha value is -2.02. The van der Waals surface area contributed by atoms with Gasteiger partial charge in [-0.2, -0.15) is 0 Å². The molecule has 0 atom stereocenters. The van der Waals surface area contributed by atoms with Crippen molar-refractivity contribution in [3.05, 3.63) is 28.3 Å². The van der Waals surface area contributed by atoms with Gasteiger partial charge in [0.25, 0.3) is 5.69 Å². The number of hydrogen-bond donors (Lipinski definition) is 0. The zero-order valence-corrected chi connectivity index (χ0v) is 10.5. The standard InChI is InChI=1S/C12H15N5O2/c18-17(19)10-4-5-12-11(8-10)13-14-16(12)9-15-6-2-1-3-7-15/h4-5,8H,1-3,6-7,9H2. The van der Waals surface area contributed by atoms with Gasteiger partial charge in [0, 0.05) is 12.1 Å². The second-order valence-corrected chi connectivity index (χ2v) is 4.84. The fraction of sp³-hybridized carbons (Fsp3) is 0.500. The molecule has 0 amide bonds. The molecule has 1 aromatic carbocycles. The number of fused-ring (bicyclic) bond motifs is 1. The molecular formula is C12H15N5O2. The lowest BCUT2D eigenvalue weighted by Gasteiger charge is -2.26. The van der Waals surface area contributed by atoms with Gasteiger partial charge >= 0.3 is 0 Å². The van der Waals surface area contributed by atoms with Crippen LogP contribution >= 0.6 is 0 Å². The van der Waals surface area contributed by atoms with Crippen LogP contribution < -0.4 is 0 Å². The Kier molecular flexibility index (Phi) is 3.12. The number of non-ortho nitro benzene ring substituents is 1. The summed E-state index contributed by atoms with van der Waals surface area (Å²) in [5.41, 5.74) is 1.47. The minimum Gasteiger partial charge on any atom is -0.284 e. The molecule has 1 aliphatic rings. The van der Waals surface area contributed by atoms with E-state index < -0.39 is 4.92 Å². The average molecular weight is 261 g/mol. The maximum absolute atomic E-state index is 10.7. The summed E-state index contributed by atoms with van der Waals surface area (Å²) in [4.78, 5) is 12.6. The van der Waals surface area contributed by atoms with Crippen molar-refractivity contribution in [1.29, 1.82) is 0 Å². The predicted molar refractivity (Wildman–Crippen MR) is 69.6 cm³/mol. The molecule has 1 saturated heterocycles. The van der Waals surface area contributed by atoms with Crippen LogP contribution in [0.15, 0.2) is 18.2 Å². The summed E-state index contributed by atoms with van der Waals surface area (Å²) in [6.45, 7) is 2.86. The molecule has 7 nitrogen and oxygen atoms in total. The first-order valence-electron chi connectivity index (χ1n) is 6.44. The third kappa shape index (κ3) is 2.41. The molecule has 0 unspecified atom stereocenters. The van der Waals surface area contributed by atoms with Crippen molar-refractivity contribution in [2.24, 2.45) is 0 Å². The maximum Gasteiger partial charge on any atom is 0.271 e. The largest absolute Gasteiger partial charge is 0.284 e. The van der Waals surface area contributed by atoms with Gasteiger partial charge < -0.3 is 0 Å². The lowest BCUT2D eigenvalue weighted by atomic mass is 10.1. The topological polar surface area (TPSA) is 77.1 Å².